The lowest BCUT2D eigenvalue weighted by atomic mass is 10.00. The standard InChI is InChI=1S/C12H19ClN2S/c1-9(2)12(10-3-4-11(13)16-10)15-7-5-14-6-8-15/h3-4,9,12,14H,5-8H2,1-2H3. The molecular weight excluding hydrogens is 240 g/mol. The van der Waals surface area contributed by atoms with E-state index in [1.165, 1.54) is 4.88 Å². The van der Waals surface area contributed by atoms with E-state index >= 15 is 0 Å². The Bertz CT molecular complexity index is 332. The molecule has 16 heavy (non-hydrogen) atoms. The van der Waals surface area contributed by atoms with Gasteiger partial charge in [-0.25, -0.2) is 0 Å². The van der Waals surface area contributed by atoms with Crippen LogP contribution in [-0.4, -0.2) is 31.1 Å². The topological polar surface area (TPSA) is 15.3 Å². The predicted molar refractivity (Wildman–Crippen MR) is 71.4 cm³/mol. The van der Waals surface area contributed by atoms with Gasteiger partial charge in [0.25, 0.3) is 0 Å². The van der Waals surface area contributed by atoms with Gasteiger partial charge in [0.1, 0.15) is 0 Å². The molecule has 1 atom stereocenters. The van der Waals surface area contributed by atoms with Gasteiger partial charge < -0.3 is 5.32 Å². The van der Waals surface area contributed by atoms with Crippen LogP contribution in [0, 0.1) is 5.92 Å². The van der Waals surface area contributed by atoms with Gasteiger partial charge in [-0.3, -0.25) is 4.90 Å². The molecule has 4 heteroatoms. The summed E-state index contributed by atoms with van der Waals surface area (Å²) < 4.78 is 0.899. The summed E-state index contributed by atoms with van der Waals surface area (Å²) in [5, 5.41) is 3.40. The van der Waals surface area contributed by atoms with Crippen LogP contribution in [0.25, 0.3) is 0 Å². The highest BCUT2D eigenvalue weighted by atomic mass is 35.5. The molecule has 0 radical (unpaired) electrons. The van der Waals surface area contributed by atoms with Crippen molar-refractivity contribution in [2.24, 2.45) is 5.92 Å². The van der Waals surface area contributed by atoms with E-state index in [2.05, 4.69) is 30.1 Å². The highest BCUT2D eigenvalue weighted by molar-refractivity contribution is 7.16. The lowest BCUT2D eigenvalue weighted by Gasteiger charge is -2.36. The van der Waals surface area contributed by atoms with Gasteiger partial charge in [-0.2, -0.15) is 0 Å². The highest BCUT2D eigenvalue weighted by Gasteiger charge is 2.25. The van der Waals surface area contributed by atoms with Crippen LogP contribution in [0.15, 0.2) is 12.1 Å². The van der Waals surface area contributed by atoms with E-state index in [1.807, 2.05) is 6.07 Å². The molecule has 0 aliphatic carbocycles. The van der Waals surface area contributed by atoms with E-state index in [-0.39, 0.29) is 0 Å². The summed E-state index contributed by atoms with van der Waals surface area (Å²) in [6, 6.07) is 4.72. The summed E-state index contributed by atoms with van der Waals surface area (Å²) >= 11 is 7.76. The van der Waals surface area contributed by atoms with Crippen molar-refractivity contribution in [2.45, 2.75) is 19.9 Å². The fourth-order valence-corrected chi connectivity index (χ4v) is 3.75. The number of piperazine rings is 1. The zero-order chi connectivity index (χ0) is 11.5. The van der Waals surface area contributed by atoms with Gasteiger partial charge in [0.2, 0.25) is 0 Å². The van der Waals surface area contributed by atoms with Gasteiger partial charge in [-0.1, -0.05) is 25.4 Å². The molecule has 1 aromatic heterocycles. The molecule has 1 unspecified atom stereocenters. The molecule has 2 rings (SSSR count). The Kier molecular flexibility index (Phi) is 4.25. The number of thiophene rings is 1. The van der Waals surface area contributed by atoms with Crippen molar-refractivity contribution in [2.75, 3.05) is 26.2 Å². The Labute approximate surface area is 107 Å². The van der Waals surface area contributed by atoms with Crippen LogP contribution in [0.4, 0.5) is 0 Å². The maximum atomic E-state index is 6.04. The van der Waals surface area contributed by atoms with E-state index < -0.39 is 0 Å². The summed E-state index contributed by atoms with van der Waals surface area (Å²) in [4.78, 5) is 3.98. The summed E-state index contributed by atoms with van der Waals surface area (Å²) in [6.45, 7) is 9.06. The quantitative estimate of drug-likeness (QED) is 0.897. The van der Waals surface area contributed by atoms with Crippen LogP contribution in [-0.2, 0) is 0 Å². The molecule has 1 fully saturated rings. The van der Waals surface area contributed by atoms with Crippen molar-refractivity contribution in [3.8, 4) is 0 Å². The number of nitrogens with one attached hydrogen (secondary N) is 1. The van der Waals surface area contributed by atoms with Crippen LogP contribution in [0.2, 0.25) is 4.34 Å². The lowest BCUT2D eigenvalue weighted by Crippen LogP contribution is -2.46. The zero-order valence-electron chi connectivity index (χ0n) is 9.87. The Morgan fingerprint density at radius 1 is 1.31 bits per heavy atom. The normalized spacial score (nSPS) is 20.2. The third-order valence-corrected chi connectivity index (χ3v) is 4.36. The summed E-state index contributed by atoms with van der Waals surface area (Å²) in [5.74, 6) is 0.632. The second kappa shape index (κ2) is 5.50. The summed E-state index contributed by atoms with van der Waals surface area (Å²) in [5.41, 5.74) is 0. The molecular formula is C12H19ClN2S. The van der Waals surface area contributed by atoms with E-state index in [0.717, 1.165) is 30.5 Å². The first-order valence-corrected chi connectivity index (χ1v) is 7.08. The van der Waals surface area contributed by atoms with E-state index in [0.29, 0.717) is 12.0 Å². The number of hydrogen-bond donors (Lipinski definition) is 1. The molecule has 0 aromatic carbocycles. The van der Waals surface area contributed by atoms with Crippen molar-refractivity contribution >= 4 is 22.9 Å². The number of halogens is 1. The second-order valence-electron chi connectivity index (χ2n) is 4.62. The van der Waals surface area contributed by atoms with Crippen molar-refractivity contribution in [1.29, 1.82) is 0 Å². The average Bonchev–Trinajstić information content (AvgIpc) is 2.66. The smallest absolute Gasteiger partial charge is 0.0931 e. The van der Waals surface area contributed by atoms with Crippen LogP contribution in [0.5, 0.6) is 0 Å². The first-order valence-electron chi connectivity index (χ1n) is 5.88. The SMILES string of the molecule is CC(C)C(c1ccc(Cl)s1)N1CCNCC1. The van der Waals surface area contributed by atoms with Gasteiger partial charge >= 0.3 is 0 Å². The molecule has 1 N–H and O–H groups in total. The molecule has 0 amide bonds. The Morgan fingerprint density at radius 3 is 2.50 bits per heavy atom. The molecule has 2 heterocycles. The number of nitrogens with zero attached hydrogens (tertiary/aromatic N) is 1. The van der Waals surface area contributed by atoms with Crippen LogP contribution < -0.4 is 5.32 Å². The van der Waals surface area contributed by atoms with E-state index in [9.17, 15) is 0 Å². The van der Waals surface area contributed by atoms with Gasteiger partial charge in [-0.05, 0) is 18.1 Å². The molecule has 1 saturated heterocycles. The summed E-state index contributed by atoms with van der Waals surface area (Å²) in [6.07, 6.45) is 0. The maximum Gasteiger partial charge on any atom is 0.0931 e. The molecule has 1 aliphatic heterocycles. The number of hydrogen-bond acceptors (Lipinski definition) is 3. The minimum Gasteiger partial charge on any atom is -0.314 e. The Hall–Kier alpha value is -0.0900. The average molecular weight is 259 g/mol. The van der Waals surface area contributed by atoms with E-state index in [4.69, 9.17) is 11.6 Å². The van der Waals surface area contributed by atoms with Crippen molar-refractivity contribution in [3.05, 3.63) is 21.3 Å². The molecule has 1 aliphatic rings. The van der Waals surface area contributed by atoms with Gasteiger partial charge in [-0.15, -0.1) is 11.3 Å². The molecule has 90 valence electrons. The van der Waals surface area contributed by atoms with Crippen LogP contribution in [0.1, 0.15) is 24.8 Å². The minimum absolute atomic E-state index is 0.527. The molecule has 0 bridgehead atoms. The Balaban J connectivity index is 2.16. The molecule has 1 aromatic rings. The minimum atomic E-state index is 0.527. The second-order valence-corrected chi connectivity index (χ2v) is 6.36. The third-order valence-electron chi connectivity index (χ3n) is 3.06. The van der Waals surface area contributed by atoms with Gasteiger partial charge in [0.15, 0.2) is 0 Å². The first kappa shape index (κ1) is 12.4. The highest BCUT2D eigenvalue weighted by Crippen LogP contribution is 2.35. The molecule has 0 saturated carbocycles. The molecule has 2 nitrogen and oxygen atoms in total. The van der Waals surface area contributed by atoms with Crippen molar-refractivity contribution < 1.29 is 0 Å². The largest absolute Gasteiger partial charge is 0.314 e. The predicted octanol–water partition coefficient (Wildman–Crippen LogP) is 3.00. The monoisotopic (exact) mass is 258 g/mol. The van der Waals surface area contributed by atoms with Crippen LogP contribution >= 0.6 is 22.9 Å². The maximum absolute atomic E-state index is 6.04. The fourth-order valence-electron chi connectivity index (χ4n) is 2.38. The van der Waals surface area contributed by atoms with Crippen molar-refractivity contribution in [1.82, 2.24) is 10.2 Å². The van der Waals surface area contributed by atoms with Crippen LogP contribution in [0.3, 0.4) is 0 Å². The third kappa shape index (κ3) is 2.77. The first-order chi connectivity index (χ1) is 7.68. The lowest BCUT2D eigenvalue weighted by molar-refractivity contribution is 0.140. The van der Waals surface area contributed by atoms with E-state index in [1.54, 1.807) is 11.3 Å². The van der Waals surface area contributed by atoms with Gasteiger partial charge in [0.05, 0.1) is 4.34 Å². The van der Waals surface area contributed by atoms with Gasteiger partial charge in [0, 0.05) is 37.1 Å². The molecule has 0 spiro atoms. The fraction of sp³-hybridized carbons (Fsp3) is 0.667. The summed E-state index contributed by atoms with van der Waals surface area (Å²) in [7, 11) is 0. The van der Waals surface area contributed by atoms with Crippen molar-refractivity contribution in [3.63, 3.8) is 0 Å². The zero-order valence-corrected chi connectivity index (χ0v) is 11.4. The number of rotatable bonds is 3. The Morgan fingerprint density at radius 2 is 2.00 bits per heavy atom.